The maximum atomic E-state index is 12.0. The van der Waals surface area contributed by atoms with E-state index in [0.717, 1.165) is 42.6 Å². The fourth-order valence-corrected chi connectivity index (χ4v) is 3.27. The van der Waals surface area contributed by atoms with Crippen molar-refractivity contribution in [3.05, 3.63) is 46.3 Å². The van der Waals surface area contributed by atoms with E-state index in [0.29, 0.717) is 6.54 Å². The molecule has 3 rings (SSSR count). The summed E-state index contributed by atoms with van der Waals surface area (Å²) in [5.74, 6) is 0.956. The number of amides is 2. The largest absolute Gasteiger partial charge is 0.378 e. The highest BCUT2D eigenvalue weighted by molar-refractivity contribution is 7.10. The highest BCUT2D eigenvalue weighted by Crippen LogP contribution is 2.18. The number of anilines is 1. The van der Waals surface area contributed by atoms with Gasteiger partial charge in [-0.3, -0.25) is 0 Å². The number of carbonyl (C=O) groups is 1. The molecule has 1 saturated heterocycles. The van der Waals surface area contributed by atoms with Crippen molar-refractivity contribution in [3.8, 4) is 0 Å². The van der Waals surface area contributed by atoms with Gasteiger partial charge in [0.25, 0.3) is 0 Å². The molecule has 0 aromatic carbocycles. The van der Waals surface area contributed by atoms with Crippen LogP contribution < -0.4 is 15.5 Å². The zero-order chi connectivity index (χ0) is 16.8. The van der Waals surface area contributed by atoms with Crippen LogP contribution >= 0.6 is 11.3 Å². The molecule has 0 aliphatic carbocycles. The molecule has 0 bridgehead atoms. The number of hydrogen-bond donors (Lipinski definition) is 2. The van der Waals surface area contributed by atoms with Crippen molar-refractivity contribution in [2.24, 2.45) is 0 Å². The number of carbonyl (C=O) groups excluding carboxylic acids is 1. The van der Waals surface area contributed by atoms with E-state index in [-0.39, 0.29) is 12.1 Å². The zero-order valence-corrected chi connectivity index (χ0v) is 14.5. The molecule has 2 aromatic rings. The smallest absolute Gasteiger partial charge is 0.315 e. The third kappa shape index (κ3) is 4.46. The van der Waals surface area contributed by atoms with E-state index in [1.807, 2.05) is 42.8 Å². The predicted molar refractivity (Wildman–Crippen MR) is 95.4 cm³/mol. The number of ether oxygens (including phenoxy) is 1. The maximum Gasteiger partial charge on any atom is 0.315 e. The van der Waals surface area contributed by atoms with Crippen LogP contribution in [0.15, 0.2) is 35.8 Å². The van der Waals surface area contributed by atoms with Gasteiger partial charge in [0.15, 0.2) is 0 Å². The Bertz CT molecular complexity index is 639. The number of rotatable bonds is 5. The lowest BCUT2D eigenvalue weighted by Gasteiger charge is -2.27. The molecular formula is C17H22N4O2S. The highest BCUT2D eigenvalue weighted by atomic mass is 32.1. The van der Waals surface area contributed by atoms with Crippen molar-refractivity contribution >= 4 is 23.2 Å². The van der Waals surface area contributed by atoms with Crippen molar-refractivity contribution in [2.75, 3.05) is 31.2 Å². The Hall–Kier alpha value is -2.12. The molecule has 3 heterocycles. The SMILES string of the molecule is C[C@@H](NC(=O)NCc1ccc(N2CCOCC2)nc1)c1cccs1. The fraction of sp³-hybridized carbons (Fsp3) is 0.412. The Kier molecular flexibility index (Phi) is 5.66. The van der Waals surface area contributed by atoms with E-state index in [4.69, 9.17) is 4.74 Å². The van der Waals surface area contributed by atoms with E-state index in [1.54, 1.807) is 11.3 Å². The van der Waals surface area contributed by atoms with Crippen LogP contribution in [0.1, 0.15) is 23.4 Å². The van der Waals surface area contributed by atoms with Crippen molar-refractivity contribution in [2.45, 2.75) is 19.5 Å². The average Bonchev–Trinajstić information content (AvgIpc) is 3.16. The van der Waals surface area contributed by atoms with Crippen molar-refractivity contribution in [1.29, 1.82) is 0 Å². The molecule has 7 heteroatoms. The Labute approximate surface area is 145 Å². The molecule has 1 atom stereocenters. The molecule has 2 amide bonds. The molecule has 0 spiro atoms. The minimum Gasteiger partial charge on any atom is -0.378 e. The summed E-state index contributed by atoms with van der Waals surface area (Å²) in [5, 5.41) is 7.81. The second-order valence-corrected chi connectivity index (χ2v) is 6.67. The first kappa shape index (κ1) is 16.7. The molecule has 0 unspecified atom stereocenters. The molecular weight excluding hydrogens is 324 g/mol. The molecule has 128 valence electrons. The minimum atomic E-state index is -0.173. The van der Waals surface area contributed by atoms with Gasteiger partial charge in [0, 0.05) is 30.7 Å². The first-order valence-electron chi connectivity index (χ1n) is 8.08. The first-order chi connectivity index (χ1) is 11.7. The number of thiophene rings is 1. The van der Waals surface area contributed by atoms with Crippen LogP contribution in [0.2, 0.25) is 0 Å². The van der Waals surface area contributed by atoms with Gasteiger partial charge in [-0.1, -0.05) is 12.1 Å². The van der Waals surface area contributed by atoms with Gasteiger partial charge in [0.2, 0.25) is 0 Å². The molecule has 24 heavy (non-hydrogen) atoms. The molecule has 1 aliphatic heterocycles. The lowest BCUT2D eigenvalue weighted by Crippen LogP contribution is -2.37. The summed E-state index contributed by atoms with van der Waals surface area (Å²) in [4.78, 5) is 19.8. The zero-order valence-electron chi connectivity index (χ0n) is 13.7. The van der Waals surface area contributed by atoms with E-state index < -0.39 is 0 Å². The Morgan fingerprint density at radius 3 is 2.88 bits per heavy atom. The summed E-state index contributed by atoms with van der Waals surface area (Å²) in [6, 6.07) is 7.83. The van der Waals surface area contributed by atoms with Crippen molar-refractivity contribution in [1.82, 2.24) is 15.6 Å². The number of urea groups is 1. The Morgan fingerprint density at radius 1 is 1.38 bits per heavy atom. The third-order valence-electron chi connectivity index (χ3n) is 3.91. The van der Waals surface area contributed by atoms with Crippen molar-refractivity contribution in [3.63, 3.8) is 0 Å². The normalized spacial score (nSPS) is 15.8. The van der Waals surface area contributed by atoms with Crippen LogP contribution in [0.3, 0.4) is 0 Å². The summed E-state index contributed by atoms with van der Waals surface area (Å²) in [5.41, 5.74) is 0.978. The summed E-state index contributed by atoms with van der Waals surface area (Å²) in [6.45, 7) is 5.66. The van der Waals surface area contributed by atoms with E-state index in [2.05, 4.69) is 20.5 Å². The topological polar surface area (TPSA) is 66.5 Å². The Balaban J connectivity index is 1.46. The molecule has 1 fully saturated rings. The molecule has 2 N–H and O–H groups in total. The number of aromatic nitrogens is 1. The van der Waals surface area contributed by atoms with Gasteiger partial charge in [-0.15, -0.1) is 11.3 Å². The minimum absolute atomic E-state index is 0.00632. The lowest BCUT2D eigenvalue weighted by molar-refractivity contribution is 0.122. The predicted octanol–water partition coefficient (Wildman–Crippen LogP) is 2.54. The maximum absolute atomic E-state index is 12.0. The quantitative estimate of drug-likeness (QED) is 0.873. The van der Waals surface area contributed by atoms with Gasteiger partial charge in [-0.05, 0) is 30.0 Å². The standard InChI is InChI=1S/C17H22N4O2S/c1-13(15-3-2-10-24-15)20-17(22)19-12-14-4-5-16(18-11-14)21-6-8-23-9-7-21/h2-5,10-11,13H,6-9,12H2,1H3,(H2,19,20,22)/t13-/m1/s1. The number of morpholine rings is 1. The van der Waals surface area contributed by atoms with Gasteiger partial charge in [0.05, 0.1) is 19.3 Å². The molecule has 6 nitrogen and oxygen atoms in total. The molecule has 2 aromatic heterocycles. The van der Waals surface area contributed by atoms with Crippen LogP contribution in [0.4, 0.5) is 10.6 Å². The van der Waals surface area contributed by atoms with Crippen LogP contribution in [0.25, 0.3) is 0 Å². The van der Waals surface area contributed by atoms with E-state index in [1.165, 1.54) is 0 Å². The van der Waals surface area contributed by atoms with E-state index in [9.17, 15) is 4.79 Å². The third-order valence-corrected chi connectivity index (χ3v) is 4.97. The number of nitrogens with zero attached hydrogens (tertiary/aromatic N) is 2. The molecule has 0 saturated carbocycles. The van der Waals surface area contributed by atoms with Gasteiger partial charge in [-0.25, -0.2) is 9.78 Å². The van der Waals surface area contributed by atoms with Crippen LogP contribution in [0.5, 0.6) is 0 Å². The van der Waals surface area contributed by atoms with Crippen LogP contribution in [-0.4, -0.2) is 37.3 Å². The van der Waals surface area contributed by atoms with Crippen molar-refractivity contribution < 1.29 is 9.53 Å². The second kappa shape index (κ2) is 8.12. The van der Waals surface area contributed by atoms with Crippen LogP contribution in [0, 0.1) is 0 Å². The van der Waals surface area contributed by atoms with E-state index >= 15 is 0 Å². The summed E-state index contributed by atoms with van der Waals surface area (Å²) in [6.07, 6.45) is 1.81. The summed E-state index contributed by atoms with van der Waals surface area (Å²) < 4.78 is 5.35. The van der Waals surface area contributed by atoms with Gasteiger partial charge >= 0.3 is 6.03 Å². The second-order valence-electron chi connectivity index (χ2n) is 5.69. The average molecular weight is 346 g/mol. The first-order valence-corrected chi connectivity index (χ1v) is 8.96. The molecule has 1 aliphatic rings. The monoisotopic (exact) mass is 346 g/mol. The number of nitrogens with one attached hydrogen (secondary N) is 2. The summed E-state index contributed by atoms with van der Waals surface area (Å²) >= 11 is 1.64. The fourth-order valence-electron chi connectivity index (χ4n) is 2.54. The van der Waals surface area contributed by atoms with Gasteiger partial charge in [0.1, 0.15) is 5.82 Å². The number of pyridine rings is 1. The lowest BCUT2D eigenvalue weighted by atomic mass is 10.2. The molecule has 0 radical (unpaired) electrons. The summed E-state index contributed by atoms with van der Waals surface area (Å²) in [7, 11) is 0. The van der Waals surface area contributed by atoms with Gasteiger partial charge in [-0.2, -0.15) is 0 Å². The van der Waals surface area contributed by atoms with Gasteiger partial charge < -0.3 is 20.3 Å². The Morgan fingerprint density at radius 2 is 2.21 bits per heavy atom. The number of hydrogen-bond acceptors (Lipinski definition) is 5. The van der Waals surface area contributed by atoms with Crippen LogP contribution in [-0.2, 0) is 11.3 Å². The highest BCUT2D eigenvalue weighted by Gasteiger charge is 2.12.